The van der Waals surface area contributed by atoms with Gasteiger partial charge in [0.1, 0.15) is 35.6 Å². The minimum absolute atomic E-state index is 0.0125. The van der Waals surface area contributed by atoms with Crippen LogP contribution in [-0.2, 0) is 12.1 Å². The lowest BCUT2D eigenvalue weighted by Gasteiger charge is -2.34. The van der Waals surface area contributed by atoms with Crippen molar-refractivity contribution in [1.82, 2.24) is 19.7 Å². The summed E-state index contributed by atoms with van der Waals surface area (Å²) in [6, 6.07) is 10.8. The highest BCUT2D eigenvalue weighted by molar-refractivity contribution is 9.10. The third-order valence-electron chi connectivity index (χ3n) is 4.96. The highest BCUT2D eigenvalue weighted by atomic mass is 79.9. The van der Waals surface area contributed by atoms with Crippen molar-refractivity contribution in [2.45, 2.75) is 25.5 Å². The van der Waals surface area contributed by atoms with Gasteiger partial charge in [0.15, 0.2) is 0 Å². The molecule has 0 amide bonds. The van der Waals surface area contributed by atoms with E-state index in [1.807, 2.05) is 36.1 Å². The maximum Gasteiger partial charge on any atom is 0.137 e. The minimum atomic E-state index is -1.62. The summed E-state index contributed by atoms with van der Waals surface area (Å²) >= 11 is 3.39. The van der Waals surface area contributed by atoms with E-state index in [2.05, 4.69) is 26.0 Å². The average Bonchev–Trinajstić information content (AvgIpc) is 3.24. The fourth-order valence-electron chi connectivity index (χ4n) is 3.40. The van der Waals surface area contributed by atoms with Crippen molar-refractivity contribution in [2.75, 3.05) is 26.2 Å². The van der Waals surface area contributed by atoms with E-state index in [1.165, 1.54) is 23.4 Å². The minimum Gasteiger partial charge on any atom is -0.494 e. The van der Waals surface area contributed by atoms with Gasteiger partial charge in [-0.1, -0.05) is 28.9 Å². The van der Waals surface area contributed by atoms with Gasteiger partial charge in [-0.15, -0.1) is 0 Å². The molecule has 9 heteroatoms. The van der Waals surface area contributed by atoms with E-state index in [9.17, 15) is 13.9 Å². The number of aromatic nitrogens is 3. The average molecular weight is 495 g/mol. The number of nitrogens with zero attached hydrogens (tertiary/aromatic N) is 4. The molecule has 2 aromatic carbocycles. The molecule has 1 N–H and O–H groups in total. The normalized spacial score (nSPS) is 13.4. The van der Waals surface area contributed by atoms with E-state index in [4.69, 9.17) is 4.74 Å². The lowest BCUT2D eigenvalue weighted by atomic mass is 9.92. The Bertz CT molecular complexity index is 957. The SMILES string of the molecule is CCN(CCCOc1ccc(Br)cc1)CC(O)(Cn1cncn1)c1ccc(F)cc1F. The Balaban J connectivity index is 1.67. The molecule has 0 bridgehead atoms. The highest BCUT2D eigenvalue weighted by Gasteiger charge is 2.35. The Morgan fingerprint density at radius 1 is 1.19 bits per heavy atom. The largest absolute Gasteiger partial charge is 0.494 e. The summed E-state index contributed by atoms with van der Waals surface area (Å²) in [7, 11) is 0. The predicted molar refractivity (Wildman–Crippen MR) is 117 cm³/mol. The Morgan fingerprint density at radius 3 is 2.61 bits per heavy atom. The Morgan fingerprint density at radius 2 is 1.97 bits per heavy atom. The molecule has 166 valence electrons. The van der Waals surface area contributed by atoms with Crippen molar-refractivity contribution in [2.24, 2.45) is 0 Å². The third kappa shape index (κ3) is 6.56. The van der Waals surface area contributed by atoms with Crippen LogP contribution in [0, 0.1) is 11.6 Å². The molecule has 3 aromatic rings. The van der Waals surface area contributed by atoms with Gasteiger partial charge in [-0.2, -0.15) is 5.10 Å². The maximum absolute atomic E-state index is 14.6. The Labute approximate surface area is 188 Å². The van der Waals surface area contributed by atoms with Crippen LogP contribution >= 0.6 is 15.9 Å². The van der Waals surface area contributed by atoms with Crippen molar-refractivity contribution in [3.05, 3.63) is 76.8 Å². The molecule has 0 aliphatic rings. The molecule has 0 spiro atoms. The van der Waals surface area contributed by atoms with Crippen LogP contribution in [0.3, 0.4) is 0 Å². The Kier molecular flexibility index (Phi) is 8.11. The van der Waals surface area contributed by atoms with Crippen LogP contribution in [0.4, 0.5) is 8.78 Å². The monoisotopic (exact) mass is 494 g/mol. The topological polar surface area (TPSA) is 63.4 Å². The molecule has 0 aliphatic heterocycles. The van der Waals surface area contributed by atoms with Crippen LogP contribution in [0.25, 0.3) is 0 Å². The first-order valence-electron chi connectivity index (χ1n) is 10.0. The number of halogens is 3. The summed E-state index contributed by atoms with van der Waals surface area (Å²) in [5.41, 5.74) is -1.59. The smallest absolute Gasteiger partial charge is 0.137 e. The first-order chi connectivity index (χ1) is 14.9. The molecule has 1 unspecified atom stereocenters. The van der Waals surface area contributed by atoms with E-state index < -0.39 is 17.2 Å². The molecule has 1 heterocycles. The number of hydrogen-bond donors (Lipinski definition) is 1. The van der Waals surface area contributed by atoms with Gasteiger partial charge in [0, 0.05) is 29.2 Å². The second-order valence-electron chi connectivity index (χ2n) is 7.27. The maximum atomic E-state index is 14.6. The lowest BCUT2D eigenvalue weighted by Crippen LogP contribution is -2.45. The second-order valence-corrected chi connectivity index (χ2v) is 8.19. The fourth-order valence-corrected chi connectivity index (χ4v) is 3.66. The molecule has 0 aliphatic carbocycles. The molecule has 0 radical (unpaired) electrons. The van der Waals surface area contributed by atoms with Gasteiger partial charge in [0.2, 0.25) is 0 Å². The lowest BCUT2D eigenvalue weighted by molar-refractivity contribution is -0.0213. The number of ether oxygens (including phenoxy) is 1. The van der Waals surface area contributed by atoms with Gasteiger partial charge in [-0.3, -0.25) is 0 Å². The van der Waals surface area contributed by atoms with E-state index in [0.29, 0.717) is 19.7 Å². The van der Waals surface area contributed by atoms with E-state index in [-0.39, 0.29) is 18.7 Å². The summed E-state index contributed by atoms with van der Waals surface area (Å²) < 4.78 is 36.2. The van der Waals surface area contributed by atoms with Crippen LogP contribution in [0.1, 0.15) is 18.9 Å². The van der Waals surface area contributed by atoms with Gasteiger partial charge in [0.05, 0.1) is 13.2 Å². The van der Waals surface area contributed by atoms with E-state index >= 15 is 0 Å². The molecule has 1 atom stereocenters. The summed E-state index contributed by atoms with van der Waals surface area (Å²) in [6.45, 7) is 3.87. The summed E-state index contributed by atoms with van der Waals surface area (Å²) in [5.74, 6) is -0.707. The zero-order chi connectivity index (χ0) is 22.3. The summed E-state index contributed by atoms with van der Waals surface area (Å²) in [4.78, 5) is 5.89. The van der Waals surface area contributed by atoms with Crippen molar-refractivity contribution >= 4 is 15.9 Å². The summed E-state index contributed by atoms with van der Waals surface area (Å²) in [5, 5.41) is 15.5. The zero-order valence-corrected chi connectivity index (χ0v) is 18.8. The van der Waals surface area contributed by atoms with Gasteiger partial charge < -0.3 is 14.7 Å². The van der Waals surface area contributed by atoms with Crippen LogP contribution < -0.4 is 4.74 Å². The van der Waals surface area contributed by atoms with E-state index in [1.54, 1.807) is 0 Å². The number of hydrogen-bond acceptors (Lipinski definition) is 5. The third-order valence-corrected chi connectivity index (χ3v) is 5.48. The van der Waals surface area contributed by atoms with Gasteiger partial charge in [0.25, 0.3) is 0 Å². The second kappa shape index (κ2) is 10.8. The molecular formula is C22H25BrF2N4O2. The first kappa shape index (κ1) is 23.3. The van der Waals surface area contributed by atoms with Crippen molar-refractivity contribution in [1.29, 1.82) is 0 Å². The fraction of sp³-hybridized carbons (Fsp3) is 0.364. The number of likely N-dealkylation sites (N-methyl/N-ethyl adjacent to an activating group) is 1. The van der Waals surface area contributed by atoms with Gasteiger partial charge >= 0.3 is 0 Å². The van der Waals surface area contributed by atoms with Crippen molar-refractivity contribution in [3.63, 3.8) is 0 Å². The number of aliphatic hydroxyl groups is 1. The van der Waals surface area contributed by atoms with Crippen molar-refractivity contribution < 1.29 is 18.6 Å². The van der Waals surface area contributed by atoms with Crippen LogP contribution in [-0.4, -0.2) is 51.0 Å². The Hall–Kier alpha value is -2.36. The molecule has 6 nitrogen and oxygen atoms in total. The van der Waals surface area contributed by atoms with Gasteiger partial charge in [-0.25, -0.2) is 18.4 Å². The summed E-state index contributed by atoms with van der Waals surface area (Å²) in [6.07, 6.45) is 3.52. The predicted octanol–water partition coefficient (Wildman–Crippen LogP) is 4.00. The quantitative estimate of drug-likeness (QED) is 0.408. The molecule has 0 saturated heterocycles. The molecule has 0 fully saturated rings. The molecular weight excluding hydrogens is 470 g/mol. The molecule has 31 heavy (non-hydrogen) atoms. The number of benzene rings is 2. The number of rotatable bonds is 11. The molecule has 3 rings (SSSR count). The highest BCUT2D eigenvalue weighted by Crippen LogP contribution is 2.28. The van der Waals surface area contributed by atoms with E-state index in [0.717, 1.165) is 28.8 Å². The van der Waals surface area contributed by atoms with Crippen LogP contribution in [0.15, 0.2) is 59.6 Å². The van der Waals surface area contributed by atoms with Gasteiger partial charge in [-0.05, 0) is 43.3 Å². The van der Waals surface area contributed by atoms with Crippen LogP contribution in [0.2, 0.25) is 0 Å². The van der Waals surface area contributed by atoms with Crippen LogP contribution in [0.5, 0.6) is 5.75 Å². The molecule has 0 saturated carbocycles. The zero-order valence-electron chi connectivity index (χ0n) is 17.2. The standard InChI is InChI=1S/C22H25BrF2N4O2/c1-2-28(10-3-11-31-19-7-4-17(23)5-8-19)13-22(30,14-29-16-26-15-27-29)20-9-6-18(24)12-21(20)25/h4-9,12,15-16,30H,2-3,10-11,13-14H2,1H3. The molecule has 1 aromatic heterocycles. The van der Waals surface area contributed by atoms with Crippen molar-refractivity contribution in [3.8, 4) is 5.75 Å². The first-order valence-corrected chi connectivity index (χ1v) is 10.8.